The number of nitrogens with two attached hydrogens (primary N) is 1. The topological polar surface area (TPSA) is 138 Å². The summed E-state index contributed by atoms with van der Waals surface area (Å²) < 4.78 is 33.2. The highest BCUT2D eigenvalue weighted by molar-refractivity contribution is 5.79. The van der Waals surface area contributed by atoms with Gasteiger partial charge >= 0.3 is 17.8 Å². The first-order chi connectivity index (χ1) is 14.9. The third kappa shape index (κ3) is 6.42. The van der Waals surface area contributed by atoms with E-state index in [1.165, 1.54) is 4.57 Å². The second-order valence-corrected chi connectivity index (χ2v) is 7.56. The number of alkyl halides is 3. The maximum absolute atomic E-state index is 12.5. The largest absolute Gasteiger partial charge is 0.490 e. The van der Waals surface area contributed by atoms with Crippen molar-refractivity contribution in [1.29, 1.82) is 0 Å². The highest BCUT2D eigenvalue weighted by atomic mass is 19.4. The molecular formula is C20H25F3N4O5. The van der Waals surface area contributed by atoms with Crippen LogP contribution >= 0.6 is 0 Å². The number of H-pyrrole nitrogens is 1. The lowest BCUT2D eigenvalue weighted by atomic mass is 9.91. The van der Waals surface area contributed by atoms with Gasteiger partial charge in [0.1, 0.15) is 0 Å². The first kappa shape index (κ1) is 25.1. The van der Waals surface area contributed by atoms with Gasteiger partial charge in [0.2, 0.25) is 5.91 Å². The van der Waals surface area contributed by atoms with E-state index in [9.17, 15) is 27.6 Å². The molecule has 1 unspecified atom stereocenters. The quantitative estimate of drug-likeness (QED) is 0.631. The minimum atomic E-state index is -5.08. The third-order valence-electron chi connectivity index (χ3n) is 5.33. The molecule has 1 saturated heterocycles. The van der Waals surface area contributed by atoms with Gasteiger partial charge in [-0.3, -0.25) is 19.1 Å². The molecule has 0 aliphatic carbocycles. The van der Waals surface area contributed by atoms with E-state index >= 15 is 0 Å². The lowest BCUT2D eigenvalue weighted by molar-refractivity contribution is -0.192. The van der Waals surface area contributed by atoms with Crippen LogP contribution in [0.2, 0.25) is 0 Å². The minimum absolute atomic E-state index is 0.0327. The predicted molar refractivity (Wildman–Crippen MR) is 110 cm³/mol. The highest BCUT2D eigenvalue weighted by Crippen LogP contribution is 2.20. The van der Waals surface area contributed by atoms with Crippen molar-refractivity contribution in [3.8, 4) is 0 Å². The standard InChI is InChI=1S/C18H24N4O3.C2HF3O2/c1-12(19)13-6-9-21(10-7-13)16(23)8-11-22-15-5-3-2-4-14(15)17(24)20-18(22)25;3-2(4,5)1(6)7/h2-5,12-13H,6-11,19H2,1H3,(H,20,24,25);(H,6,7). The number of aryl methyl sites for hydroxylation is 1. The fraction of sp³-hybridized carbons (Fsp3) is 0.500. The number of carboxylic acids is 1. The van der Waals surface area contributed by atoms with Gasteiger partial charge in [0, 0.05) is 32.1 Å². The van der Waals surface area contributed by atoms with E-state index in [-0.39, 0.29) is 24.9 Å². The first-order valence-corrected chi connectivity index (χ1v) is 9.97. The minimum Gasteiger partial charge on any atom is -0.475 e. The van der Waals surface area contributed by atoms with E-state index in [0.29, 0.717) is 29.9 Å². The Morgan fingerprint density at radius 3 is 2.31 bits per heavy atom. The molecule has 0 bridgehead atoms. The van der Waals surface area contributed by atoms with Crippen LogP contribution in [0.4, 0.5) is 13.2 Å². The number of fused-ring (bicyclic) bond motifs is 1. The van der Waals surface area contributed by atoms with Crippen LogP contribution in [0.25, 0.3) is 10.9 Å². The van der Waals surface area contributed by atoms with Crippen molar-refractivity contribution in [1.82, 2.24) is 14.5 Å². The number of para-hydroxylation sites is 1. The van der Waals surface area contributed by atoms with Crippen molar-refractivity contribution >= 4 is 22.8 Å². The first-order valence-electron chi connectivity index (χ1n) is 9.97. The number of aliphatic carboxylic acids is 1. The Morgan fingerprint density at radius 2 is 1.78 bits per heavy atom. The summed E-state index contributed by atoms with van der Waals surface area (Å²) in [5, 5.41) is 7.58. The molecule has 32 heavy (non-hydrogen) atoms. The number of aromatic nitrogens is 2. The highest BCUT2D eigenvalue weighted by Gasteiger charge is 2.38. The van der Waals surface area contributed by atoms with Gasteiger partial charge in [-0.15, -0.1) is 0 Å². The van der Waals surface area contributed by atoms with Gasteiger partial charge in [0.05, 0.1) is 10.9 Å². The maximum atomic E-state index is 12.5. The van der Waals surface area contributed by atoms with Crippen molar-refractivity contribution in [2.75, 3.05) is 13.1 Å². The zero-order valence-corrected chi connectivity index (χ0v) is 17.4. The van der Waals surface area contributed by atoms with Crippen LogP contribution < -0.4 is 17.0 Å². The number of piperidine rings is 1. The van der Waals surface area contributed by atoms with Crippen molar-refractivity contribution in [2.24, 2.45) is 11.7 Å². The molecule has 0 spiro atoms. The Morgan fingerprint density at radius 1 is 1.22 bits per heavy atom. The molecule has 1 amide bonds. The molecule has 1 fully saturated rings. The summed E-state index contributed by atoms with van der Waals surface area (Å²) in [5.41, 5.74) is 5.61. The number of amides is 1. The average molecular weight is 458 g/mol. The summed E-state index contributed by atoms with van der Waals surface area (Å²) in [5.74, 6) is -2.26. The normalized spacial score (nSPS) is 15.7. The maximum Gasteiger partial charge on any atom is 0.490 e. The molecule has 2 heterocycles. The van der Waals surface area contributed by atoms with E-state index < -0.39 is 23.4 Å². The van der Waals surface area contributed by atoms with Crippen LogP contribution in [0, 0.1) is 5.92 Å². The lowest BCUT2D eigenvalue weighted by Gasteiger charge is -2.33. The van der Waals surface area contributed by atoms with E-state index in [1.807, 2.05) is 11.8 Å². The van der Waals surface area contributed by atoms with Crippen LogP contribution in [0.3, 0.4) is 0 Å². The summed E-state index contributed by atoms with van der Waals surface area (Å²) in [6, 6.07) is 7.08. The molecule has 1 aliphatic heterocycles. The third-order valence-corrected chi connectivity index (χ3v) is 5.33. The number of nitrogens with zero attached hydrogens (tertiary/aromatic N) is 2. The molecule has 2 aromatic rings. The summed E-state index contributed by atoms with van der Waals surface area (Å²) in [6.45, 7) is 3.69. The predicted octanol–water partition coefficient (Wildman–Crippen LogP) is 1.30. The molecule has 1 atom stereocenters. The van der Waals surface area contributed by atoms with Gasteiger partial charge in [-0.25, -0.2) is 9.59 Å². The van der Waals surface area contributed by atoms with Gasteiger partial charge in [-0.2, -0.15) is 13.2 Å². The van der Waals surface area contributed by atoms with Crippen LogP contribution in [-0.4, -0.2) is 56.7 Å². The molecule has 9 nitrogen and oxygen atoms in total. The molecule has 1 aliphatic rings. The van der Waals surface area contributed by atoms with Gasteiger partial charge in [0.25, 0.3) is 5.56 Å². The Hall–Kier alpha value is -3.15. The van der Waals surface area contributed by atoms with Gasteiger partial charge in [0.15, 0.2) is 0 Å². The summed E-state index contributed by atoms with van der Waals surface area (Å²) in [6.07, 6.45) is -3.01. The van der Waals surface area contributed by atoms with Crippen molar-refractivity contribution < 1.29 is 27.9 Å². The number of nitrogens with one attached hydrogen (secondary N) is 1. The molecule has 4 N–H and O–H groups in total. The van der Waals surface area contributed by atoms with Crippen molar-refractivity contribution in [3.05, 3.63) is 45.1 Å². The fourth-order valence-electron chi connectivity index (χ4n) is 3.50. The number of carbonyl (C=O) groups excluding carboxylic acids is 1. The van der Waals surface area contributed by atoms with Gasteiger partial charge < -0.3 is 15.7 Å². The number of halogens is 3. The molecule has 0 saturated carbocycles. The zero-order valence-electron chi connectivity index (χ0n) is 17.4. The van der Waals surface area contributed by atoms with E-state index in [4.69, 9.17) is 15.6 Å². The van der Waals surface area contributed by atoms with Crippen LogP contribution in [0.5, 0.6) is 0 Å². The van der Waals surface area contributed by atoms with Crippen LogP contribution in [0.15, 0.2) is 33.9 Å². The fourth-order valence-corrected chi connectivity index (χ4v) is 3.50. The number of aromatic amines is 1. The Bertz CT molecular complexity index is 1070. The van der Waals surface area contributed by atoms with E-state index in [2.05, 4.69) is 4.98 Å². The number of benzene rings is 1. The Kier molecular flexibility index (Phi) is 8.19. The average Bonchev–Trinajstić information content (AvgIpc) is 2.73. The summed E-state index contributed by atoms with van der Waals surface area (Å²) in [7, 11) is 0. The molecule has 1 aromatic heterocycles. The second kappa shape index (κ2) is 10.4. The van der Waals surface area contributed by atoms with E-state index in [1.54, 1.807) is 24.3 Å². The number of rotatable bonds is 4. The zero-order chi connectivity index (χ0) is 24.1. The number of carboxylic acid groups (broad SMARTS) is 1. The van der Waals surface area contributed by atoms with Gasteiger partial charge in [-0.1, -0.05) is 12.1 Å². The Labute approximate surface area is 180 Å². The van der Waals surface area contributed by atoms with Crippen LogP contribution in [0.1, 0.15) is 26.2 Å². The Balaban J connectivity index is 0.000000451. The molecule has 12 heteroatoms. The SMILES string of the molecule is CC(N)C1CCN(C(=O)CCn2c(=O)[nH]c(=O)c3ccccc32)CC1.O=C(O)C(F)(F)F. The lowest BCUT2D eigenvalue weighted by Crippen LogP contribution is -2.43. The van der Waals surface area contributed by atoms with E-state index in [0.717, 1.165) is 12.8 Å². The number of carbonyl (C=O) groups is 2. The monoisotopic (exact) mass is 458 g/mol. The molecule has 3 rings (SSSR count). The van der Waals surface area contributed by atoms with Crippen molar-refractivity contribution in [3.63, 3.8) is 0 Å². The smallest absolute Gasteiger partial charge is 0.475 e. The summed E-state index contributed by atoms with van der Waals surface area (Å²) >= 11 is 0. The molecule has 1 aromatic carbocycles. The summed E-state index contributed by atoms with van der Waals surface area (Å²) in [4.78, 5) is 49.5. The number of likely N-dealkylation sites (tertiary alicyclic amines) is 1. The molecular weight excluding hydrogens is 433 g/mol. The molecule has 0 radical (unpaired) electrons. The number of hydrogen-bond acceptors (Lipinski definition) is 5. The second-order valence-electron chi connectivity index (χ2n) is 7.56. The van der Waals surface area contributed by atoms with Gasteiger partial charge in [-0.05, 0) is 37.8 Å². The number of hydrogen-bond donors (Lipinski definition) is 3. The van der Waals surface area contributed by atoms with Crippen LogP contribution in [-0.2, 0) is 16.1 Å². The van der Waals surface area contributed by atoms with Crippen molar-refractivity contribution in [2.45, 2.75) is 44.9 Å². The molecule has 176 valence electrons.